The van der Waals surface area contributed by atoms with E-state index in [2.05, 4.69) is 0 Å². The summed E-state index contributed by atoms with van der Waals surface area (Å²) in [6, 6.07) is 7.21. The first-order valence-corrected chi connectivity index (χ1v) is 12.6. The minimum Gasteiger partial charge on any atom is -0.485 e. The third-order valence-corrected chi connectivity index (χ3v) is 8.38. The number of aliphatic hydroxyl groups excluding tert-OH is 1. The number of aliphatic hydroxyl groups is 1. The second kappa shape index (κ2) is 8.70. The molecule has 1 fully saturated rings. The molecule has 190 valence electrons. The highest BCUT2D eigenvalue weighted by Crippen LogP contribution is 2.45. The number of hydrogen-bond donors (Lipinski definition) is 1. The third kappa shape index (κ3) is 4.58. The Morgan fingerprint density at radius 3 is 2.37 bits per heavy atom. The molecule has 4 rings (SSSR count). The summed E-state index contributed by atoms with van der Waals surface area (Å²) < 4.78 is 72.3. The molecule has 0 radical (unpaired) electrons. The summed E-state index contributed by atoms with van der Waals surface area (Å²) in [6.45, 7) is 3.83. The maximum atomic E-state index is 13.4. The van der Waals surface area contributed by atoms with E-state index in [9.17, 15) is 31.5 Å². The quantitative estimate of drug-likeness (QED) is 0.666. The Balaban J connectivity index is 1.74. The molecule has 35 heavy (non-hydrogen) atoms. The molecule has 0 aromatic heterocycles. The lowest BCUT2D eigenvalue weighted by Gasteiger charge is -2.47. The van der Waals surface area contributed by atoms with E-state index >= 15 is 0 Å². The van der Waals surface area contributed by atoms with Gasteiger partial charge in [0, 0.05) is 25.6 Å². The summed E-state index contributed by atoms with van der Waals surface area (Å²) in [5.41, 5.74) is -1.49. The van der Waals surface area contributed by atoms with Crippen molar-refractivity contribution in [1.29, 1.82) is 0 Å². The maximum absolute atomic E-state index is 13.4. The molecule has 2 aromatic carbocycles. The lowest BCUT2D eigenvalue weighted by atomic mass is 9.84. The Kier molecular flexibility index (Phi) is 6.29. The molecule has 0 bridgehead atoms. The fraction of sp³-hybridized carbons (Fsp3) is 0.458. The molecule has 1 amide bonds. The third-order valence-electron chi connectivity index (χ3n) is 6.60. The molecule has 2 aliphatic heterocycles. The van der Waals surface area contributed by atoms with Crippen LogP contribution >= 0.6 is 0 Å². The Morgan fingerprint density at radius 1 is 1.11 bits per heavy atom. The van der Waals surface area contributed by atoms with Crippen LogP contribution in [-0.4, -0.2) is 49.6 Å². The smallest absolute Gasteiger partial charge is 0.416 e. The fourth-order valence-electron chi connectivity index (χ4n) is 4.52. The van der Waals surface area contributed by atoms with E-state index in [1.807, 2.05) is 0 Å². The van der Waals surface area contributed by atoms with Crippen molar-refractivity contribution in [2.24, 2.45) is 0 Å². The van der Waals surface area contributed by atoms with Crippen LogP contribution in [0.2, 0.25) is 0 Å². The van der Waals surface area contributed by atoms with Gasteiger partial charge in [-0.05, 0) is 69.2 Å². The van der Waals surface area contributed by atoms with Gasteiger partial charge in [-0.25, -0.2) is 8.42 Å². The molecule has 0 spiro atoms. The van der Waals surface area contributed by atoms with E-state index in [4.69, 9.17) is 4.74 Å². The predicted octanol–water partition coefficient (Wildman–Crippen LogP) is 4.12. The number of likely N-dealkylation sites (tertiary alicyclic amines) is 1. The van der Waals surface area contributed by atoms with Crippen LogP contribution in [0.5, 0.6) is 5.75 Å². The summed E-state index contributed by atoms with van der Waals surface area (Å²) in [5.74, 6) is 0.235. The molecule has 0 unspecified atom stereocenters. The van der Waals surface area contributed by atoms with Crippen molar-refractivity contribution in [2.45, 2.75) is 61.9 Å². The Labute approximate surface area is 202 Å². The molecule has 0 saturated carbocycles. The van der Waals surface area contributed by atoms with E-state index in [0.717, 1.165) is 41.4 Å². The van der Waals surface area contributed by atoms with Crippen molar-refractivity contribution in [3.05, 3.63) is 53.6 Å². The average Bonchev–Trinajstić information content (AvgIpc) is 2.79. The highest BCUT2D eigenvalue weighted by molar-refractivity contribution is 7.92. The van der Waals surface area contributed by atoms with Crippen LogP contribution in [0.1, 0.15) is 50.3 Å². The summed E-state index contributed by atoms with van der Waals surface area (Å²) in [6.07, 6.45) is -3.79. The van der Waals surface area contributed by atoms with Crippen molar-refractivity contribution >= 4 is 21.6 Å². The number of rotatable bonds is 4. The predicted molar refractivity (Wildman–Crippen MR) is 122 cm³/mol. The van der Waals surface area contributed by atoms with Gasteiger partial charge in [-0.1, -0.05) is 0 Å². The van der Waals surface area contributed by atoms with Crippen LogP contribution in [-0.2, 0) is 21.0 Å². The van der Waals surface area contributed by atoms with Gasteiger partial charge in [0.15, 0.2) is 0 Å². The van der Waals surface area contributed by atoms with Gasteiger partial charge in [0.25, 0.3) is 10.0 Å². The minimum absolute atomic E-state index is 0.0518. The van der Waals surface area contributed by atoms with Gasteiger partial charge in [-0.3, -0.25) is 9.10 Å². The zero-order chi connectivity index (χ0) is 25.8. The molecule has 2 aromatic rings. The number of piperidine rings is 1. The number of carbonyl (C=O) groups excluding carboxylic acids is 1. The van der Waals surface area contributed by atoms with E-state index in [1.165, 1.54) is 25.2 Å². The van der Waals surface area contributed by atoms with Crippen LogP contribution in [0.25, 0.3) is 0 Å². The SMILES string of the molecule is CN(c1ccc(C(F)(F)F)cc1)S(=O)(=O)c1ccc2c(c1)[C@@H](N1CCCCC1=O)[C@H](O)C(C)(C)O2. The number of alkyl halides is 3. The number of halogens is 3. The first-order chi connectivity index (χ1) is 16.2. The summed E-state index contributed by atoms with van der Waals surface area (Å²) in [7, 11) is -2.93. The van der Waals surface area contributed by atoms with Crippen LogP contribution < -0.4 is 9.04 Å². The Bertz CT molecular complexity index is 1230. The first-order valence-electron chi connectivity index (χ1n) is 11.2. The largest absolute Gasteiger partial charge is 0.485 e. The Hall–Kier alpha value is -2.79. The highest BCUT2D eigenvalue weighted by Gasteiger charge is 2.47. The van der Waals surface area contributed by atoms with Gasteiger partial charge in [0.05, 0.1) is 22.2 Å². The average molecular weight is 513 g/mol. The monoisotopic (exact) mass is 512 g/mol. The topological polar surface area (TPSA) is 87.2 Å². The molecule has 2 aliphatic rings. The van der Waals surface area contributed by atoms with Gasteiger partial charge in [-0.2, -0.15) is 13.2 Å². The second-order valence-corrected chi connectivity index (χ2v) is 11.3. The number of anilines is 1. The van der Waals surface area contributed by atoms with E-state index in [1.54, 1.807) is 18.7 Å². The van der Waals surface area contributed by atoms with Crippen LogP contribution in [0.3, 0.4) is 0 Å². The molecular weight excluding hydrogens is 485 g/mol. The van der Waals surface area contributed by atoms with Crippen molar-refractivity contribution in [1.82, 2.24) is 4.90 Å². The lowest BCUT2D eigenvalue weighted by Crippen LogP contribution is -2.55. The van der Waals surface area contributed by atoms with Crippen molar-refractivity contribution in [3.63, 3.8) is 0 Å². The van der Waals surface area contributed by atoms with Crippen molar-refractivity contribution < 1.29 is 36.2 Å². The first kappa shape index (κ1) is 25.3. The maximum Gasteiger partial charge on any atom is 0.416 e. The lowest BCUT2D eigenvalue weighted by molar-refractivity contribution is -0.147. The number of sulfonamides is 1. The van der Waals surface area contributed by atoms with E-state index < -0.39 is 39.5 Å². The molecule has 1 N–H and O–H groups in total. The van der Waals surface area contributed by atoms with Gasteiger partial charge in [0.2, 0.25) is 5.91 Å². The number of carbonyl (C=O) groups is 1. The number of hydrogen-bond acceptors (Lipinski definition) is 5. The summed E-state index contributed by atoms with van der Waals surface area (Å²) in [4.78, 5) is 14.1. The number of ether oxygens (including phenoxy) is 1. The number of nitrogens with zero attached hydrogens (tertiary/aromatic N) is 2. The standard InChI is InChI=1S/C24H27F3N2O5S/c1-23(2)22(31)21(29-13-5-4-6-20(29)30)18-14-17(11-12-19(18)34-23)35(32,33)28(3)16-9-7-15(8-10-16)24(25,26)27/h7-12,14,21-22,31H,4-6,13H2,1-3H3/t21-,22+/m1/s1. The fourth-order valence-corrected chi connectivity index (χ4v) is 5.75. The summed E-state index contributed by atoms with van der Waals surface area (Å²) in [5, 5.41) is 11.1. The molecule has 0 aliphatic carbocycles. The number of amides is 1. The molecule has 7 nitrogen and oxygen atoms in total. The minimum atomic E-state index is -4.54. The van der Waals surface area contributed by atoms with Crippen molar-refractivity contribution in [3.8, 4) is 5.75 Å². The molecule has 2 atom stereocenters. The number of fused-ring (bicyclic) bond motifs is 1. The zero-order valence-electron chi connectivity index (χ0n) is 19.5. The van der Waals surface area contributed by atoms with Gasteiger partial charge in [-0.15, -0.1) is 0 Å². The van der Waals surface area contributed by atoms with E-state index in [-0.39, 0.29) is 16.5 Å². The van der Waals surface area contributed by atoms with Crippen LogP contribution in [0, 0.1) is 0 Å². The van der Waals surface area contributed by atoms with Crippen LogP contribution in [0.15, 0.2) is 47.4 Å². The van der Waals surface area contributed by atoms with Gasteiger partial charge < -0.3 is 14.7 Å². The highest BCUT2D eigenvalue weighted by atomic mass is 32.2. The normalized spacial score (nSPS) is 22.4. The summed E-state index contributed by atoms with van der Waals surface area (Å²) >= 11 is 0. The van der Waals surface area contributed by atoms with Gasteiger partial charge in [0.1, 0.15) is 17.5 Å². The zero-order valence-corrected chi connectivity index (χ0v) is 20.4. The number of benzene rings is 2. The Morgan fingerprint density at radius 2 is 1.77 bits per heavy atom. The van der Waals surface area contributed by atoms with E-state index in [0.29, 0.717) is 24.3 Å². The second-order valence-electron chi connectivity index (χ2n) is 9.36. The van der Waals surface area contributed by atoms with Crippen LogP contribution in [0.4, 0.5) is 18.9 Å². The van der Waals surface area contributed by atoms with Gasteiger partial charge >= 0.3 is 6.18 Å². The molecule has 2 heterocycles. The molecule has 11 heteroatoms. The van der Waals surface area contributed by atoms with Crippen molar-refractivity contribution in [2.75, 3.05) is 17.9 Å². The molecular formula is C24H27F3N2O5S. The molecule has 1 saturated heterocycles.